The first kappa shape index (κ1) is 15.1. The van der Waals surface area contributed by atoms with Crippen molar-refractivity contribution in [3.05, 3.63) is 41.2 Å². The molecule has 1 saturated heterocycles. The van der Waals surface area contributed by atoms with Crippen molar-refractivity contribution >= 4 is 23.1 Å². The van der Waals surface area contributed by atoms with Crippen molar-refractivity contribution in [3.63, 3.8) is 0 Å². The van der Waals surface area contributed by atoms with E-state index in [1.165, 1.54) is 23.7 Å². The van der Waals surface area contributed by atoms with E-state index in [9.17, 15) is 9.18 Å². The number of amides is 1. The lowest BCUT2D eigenvalue weighted by Crippen LogP contribution is -2.37. The molecule has 3 rings (SSSR count). The van der Waals surface area contributed by atoms with Crippen LogP contribution < -0.4 is 5.32 Å². The van der Waals surface area contributed by atoms with Gasteiger partial charge in [0.1, 0.15) is 5.82 Å². The minimum atomic E-state index is -0.303. The van der Waals surface area contributed by atoms with Crippen LogP contribution in [0, 0.1) is 11.7 Å². The third kappa shape index (κ3) is 3.86. The summed E-state index contributed by atoms with van der Waals surface area (Å²) in [4.78, 5) is 14.5. The molecule has 2 aromatic rings. The van der Waals surface area contributed by atoms with Gasteiger partial charge in [-0.3, -0.25) is 9.69 Å². The predicted octanol–water partition coefficient (Wildman–Crippen LogP) is 2.53. The summed E-state index contributed by atoms with van der Waals surface area (Å²) < 4.78 is 16.7. The Labute approximate surface area is 132 Å². The highest BCUT2D eigenvalue weighted by Crippen LogP contribution is 2.21. The number of hydrogen-bond donors (Lipinski definition) is 1. The molecule has 2 heterocycles. The maximum Gasteiger partial charge on any atom is 0.227 e. The predicted molar refractivity (Wildman–Crippen MR) is 82.9 cm³/mol. The smallest absolute Gasteiger partial charge is 0.227 e. The van der Waals surface area contributed by atoms with Crippen LogP contribution in [-0.4, -0.2) is 33.5 Å². The molecule has 1 fully saturated rings. The van der Waals surface area contributed by atoms with Crippen molar-refractivity contribution in [1.82, 2.24) is 14.5 Å². The molecule has 0 bridgehead atoms. The highest BCUT2D eigenvalue weighted by Gasteiger charge is 2.25. The number of benzene rings is 1. The van der Waals surface area contributed by atoms with Crippen molar-refractivity contribution in [2.75, 3.05) is 18.4 Å². The quantitative estimate of drug-likeness (QED) is 0.940. The number of piperidine rings is 1. The molecule has 22 heavy (non-hydrogen) atoms. The van der Waals surface area contributed by atoms with Gasteiger partial charge in [0.25, 0.3) is 0 Å². The Morgan fingerprint density at radius 3 is 2.68 bits per heavy atom. The minimum Gasteiger partial charge on any atom is -0.326 e. The Bertz CT molecular complexity index is 609. The molecule has 0 unspecified atom stereocenters. The monoisotopic (exact) mass is 320 g/mol. The summed E-state index contributed by atoms with van der Waals surface area (Å²) in [6.07, 6.45) is 1.65. The number of likely N-dealkylation sites (tertiary alicyclic amines) is 1. The summed E-state index contributed by atoms with van der Waals surface area (Å²) in [5, 5.41) is 8.85. The topological polar surface area (TPSA) is 58.1 Å². The van der Waals surface area contributed by atoms with Crippen molar-refractivity contribution in [1.29, 1.82) is 0 Å². The van der Waals surface area contributed by atoms with Crippen molar-refractivity contribution in [3.8, 4) is 0 Å². The molecule has 116 valence electrons. The van der Waals surface area contributed by atoms with E-state index in [2.05, 4.69) is 19.8 Å². The van der Waals surface area contributed by atoms with Gasteiger partial charge in [0.05, 0.1) is 5.69 Å². The van der Waals surface area contributed by atoms with Crippen LogP contribution in [0.4, 0.5) is 10.1 Å². The Balaban J connectivity index is 1.48. The fourth-order valence-electron chi connectivity index (χ4n) is 2.61. The second-order valence-corrected chi connectivity index (χ2v) is 6.05. The van der Waals surface area contributed by atoms with E-state index in [0.29, 0.717) is 5.69 Å². The number of halogens is 1. The lowest BCUT2D eigenvalue weighted by atomic mass is 9.95. The zero-order chi connectivity index (χ0) is 15.4. The van der Waals surface area contributed by atoms with E-state index in [0.717, 1.165) is 38.2 Å². The van der Waals surface area contributed by atoms with Crippen LogP contribution in [0.2, 0.25) is 0 Å². The third-order valence-electron chi connectivity index (χ3n) is 3.86. The van der Waals surface area contributed by atoms with E-state index in [4.69, 9.17) is 0 Å². The largest absolute Gasteiger partial charge is 0.326 e. The summed E-state index contributed by atoms with van der Waals surface area (Å²) in [5.74, 6) is -0.278. The fraction of sp³-hybridized carbons (Fsp3) is 0.400. The standard InChI is InChI=1S/C15H17FN4OS/c16-12-1-3-13(4-2-12)17-15(21)11-5-7-20(8-6-11)9-14-10-22-19-18-14/h1-4,10-11H,5-9H2,(H,17,21). The second kappa shape index (κ2) is 6.93. The molecule has 1 N–H and O–H groups in total. The Morgan fingerprint density at radius 2 is 2.05 bits per heavy atom. The van der Waals surface area contributed by atoms with Gasteiger partial charge >= 0.3 is 0 Å². The van der Waals surface area contributed by atoms with Gasteiger partial charge in [-0.15, -0.1) is 5.10 Å². The average Bonchev–Trinajstić information content (AvgIpc) is 3.03. The lowest BCUT2D eigenvalue weighted by molar-refractivity contribution is -0.121. The maximum absolute atomic E-state index is 12.9. The lowest BCUT2D eigenvalue weighted by Gasteiger charge is -2.30. The van der Waals surface area contributed by atoms with Crippen molar-refractivity contribution in [2.45, 2.75) is 19.4 Å². The van der Waals surface area contributed by atoms with Crippen LogP contribution in [-0.2, 0) is 11.3 Å². The number of carbonyl (C=O) groups is 1. The van der Waals surface area contributed by atoms with Gasteiger partial charge in [-0.2, -0.15) is 0 Å². The van der Waals surface area contributed by atoms with E-state index < -0.39 is 0 Å². The molecule has 5 nitrogen and oxygen atoms in total. The average molecular weight is 320 g/mol. The summed E-state index contributed by atoms with van der Waals surface area (Å²) in [6.45, 7) is 2.54. The van der Waals surface area contributed by atoms with Crippen molar-refractivity contribution in [2.24, 2.45) is 5.92 Å². The van der Waals surface area contributed by atoms with Crippen LogP contribution in [0.25, 0.3) is 0 Å². The van der Waals surface area contributed by atoms with Gasteiger partial charge in [0.2, 0.25) is 5.91 Å². The normalized spacial score (nSPS) is 16.6. The SMILES string of the molecule is O=C(Nc1ccc(F)cc1)C1CCN(Cc2csnn2)CC1. The molecule has 1 aliphatic rings. The number of carbonyl (C=O) groups excluding carboxylic acids is 1. The van der Waals surface area contributed by atoms with Crippen LogP contribution in [0.5, 0.6) is 0 Å². The van der Waals surface area contributed by atoms with Gasteiger partial charge in [-0.05, 0) is 61.7 Å². The zero-order valence-corrected chi connectivity index (χ0v) is 12.9. The first-order chi connectivity index (χ1) is 10.7. The van der Waals surface area contributed by atoms with Crippen LogP contribution >= 0.6 is 11.5 Å². The minimum absolute atomic E-state index is 0.00913. The highest BCUT2D eigenvalue weighted by molar-refractivity contribution is 7.03. The van der Waals surface area contributed by atoms with Crippen LogP contribution in [0.3, 0.4) is 0 Å². The molecule has 0 atom stereocenters. The van der Waals surface area contributed by atoms with E-state index >= 15 is 0 Å². The summed E-state index contributed by atoms with van der Waals surface area (Å²) in [7, 11) is 0. The van der Waals surface area contributed by atoms with E-state index in [-0.39, 0.29) is 17.6 Å². The molecule has 1 aromatic carbocycles. The number of anilines is 1. The molecule has 1 aliphatic heterocycles. The molecule has 0 radical (unpaired) electrons. The van der Waals surface area contributed by atoms with Gasteiger partial charge in [-0.1, -0.05) is 4.49 Å². The summed E-state index contributed by atoms with van der Waals surface area (Å²) in [6, 6.07) is 5.86. The Kier molecular flexibility index (Phi) is 4.74. The van der Waals surface area contributed by atoms with Gasteiger partial charge in [0, 0.05) is 23.5 Å². The van der Waals surface area contributed by atoms with Crippen molar-refractivity contribution < 1.29 is 9.18 Å². The van der Waals surface area contributed by atoms with E-state index in [1.54, 1.807) is 12.1 Å². The molecule has 0 saturated carbocycles. The molecular weight excluding hydrogens is 303 g/mol. The number of aromatic nitrogens is 2. The Hall–Kier alpha value is -1.86. The summed E-state index contributed by atoms with van der Waals surface area (Å²) >= 11 is 1.36. The number of nitrogens with zero attached hydrogens (tertiary/aromatic N) is 3. The molecular formula is C15H17FN4OS. The molecule has 1 amide bonds. The van der Waals surface area contributed by atoms with E-state index in [1.807, 2.05) is 5.38 Å². The molecule has 0 aliphatic carbocycles. The van der Waals surface area contributed by atoms with Crippen LogP contribution in [0.15, 0.2) is 29.6 Å². The first-order valence-electron chi connectivity index (χ1n) is 7.25. The van der Waals surface area contributed by atoms with Gasteiger partial charge in [0.15, 0.2) is 0 Å². The Morgan fingerprint density at radius 1 is 1.32 bits per heavy atom. The highest BCUT2D eigenvalue weighted by atomic mass is 32.1. The maximum atomic E-state index is 12.9. The first-order valence-corrected chi connectivity index (χ1v) is 8.09. The third-order valence-corrected chi connectivity index (χ3v) is 4.41. The molecule has 7 heteroatoms. The zero-order valence-electron chi connectivity index (χ0n) is 12.0. The van der Waals surface area contributed by atoms with Gasteiger partial charge in [-0.25, -0.2) is 4.39 Å². The fourth-order valence-corrected chi connectivity index (χ4v) is 3.06. The molecule has 1 aromatic heterocycles. The number of nitrogens with one attached hydrogen (secondary N) is 1. The van der Waals surface area contributed by atoms with Crippen LogP contribution in [0.1, 0.15) is 18.5 Å². The number of hydrogen-bond acceptors (Lipinski definition) is 5. The molecule has 0 spiro atoms. The van der Waals surface area contributed by atoms with Gasteiger partial charge < -0.3 is 5.32 Å². The number of rotatable bonds is 4. The summed E-state index contributed by atoms with van der Waals surface area (Å²) in [5.41, 5.74) is 1.63. The second-order valence-electron chi connectivity index (χ2n) is 5.44.